The van der Waals surface area contributed by atoms with Gasteiger partial charge in [-0.25, -0.2) is 14.0 Å². The summed E-state index contributed by atoms with van der Waals surface area (Å²) in [4.78, 5) is 40.3. The highest BCUT2D eigenvalue weighted by Crippen LogP contribution is 2.24. The maximum absolute atomic E-state index is 15.1. The second-order valence-corrected chi connectivity index (χ2v) is 9.44. The third-order valence-electron chi connectivity index (χ3n) is 6.72. The average Bonchev–Trinajstić information content (AvgIpc) is 3.19. The van der Waals surface area contributed by atoms with E-state index in [1.165, 1.54) is 28.4 Å². The van der Waals surface area contributed by atoms with Gasteiger partial charge >= 0.3 is 11.7 Å². The summed E-state index contributed by atoms with van der Waals surface area (Å²) in [6, 6.07) is 16.3. The minimum Gasteiger partial charge on any atom is -0.465 e. The van der Waals surface area contributed by atoms with Crippen LogP contribution >= 0.6 is 11.6 Å². The van der Waals surface area contributed by atoms with E-state index < -0.39 is 17.5 Å². The van der Waals surface area contributed by atoms with Crippen LogP contribution in [0.2, 0.25) is 5.02 Å². The molecule has 0 N–H and O–H groups in total. The Labute approximate surface area is 217 Å². The SMILES string of the molecule is COC(=O)c1cccc(Cn2c(=O)n(-c3ccc(C(=O)N4CCCCC4)cc3)c3cc(Cl)ccc32)c1F. The number of hydrogen-bond donors (Lipinski definition) is 0. The quantitative estimate of drug-likeness (QED) is 0.345. The van der Waals surface area contributed by atoms with Crippen molar-refractivity contribution in [2.45, 2.75) is 25.8 Å². The molecule has 4 aromatic rings. The summed E-state index contributed by atoms with van der Waals surface area (Å²) < 4.78 is 22.7. The molecule has 3 aromatic carbocycles. The number of carbonyl (C=O) groups is 2. The summed E-state index contributed by atoms with van der Waals surface area (Å²) in [5, 5.41) is 0.439. The lowest BCUT2D eigenvalue weighted by atomic mass is 10.1. The number of piperidine rings is 1. The smallest absolute Gasteiger partial charge is 0.340 e. The largest absolute Gasteiger partial charge is 0.465 e. The molecule has 1 aromatic heterocycles. The Morgan fingerprint density at radius 2 is 1.70 bits per heavy atom. The standard InChI is InChI=1S/C28H25ClFN3O4/c1-37-27(35)22-7-5-6-19(25(22)30)17-32-23-13-10-20(29)16-24(23)33(28(32)36)21-11-8-18(9-12-21)26(34)31-14-3-2-4-15-31/h5-13,16H,2-4,14-15,17H2,1H3. The average molecular weight is 522 g/mol. The topological polar surface area (TPSA) is 73.5 Å². The van der Waals surface area contributed by atoms with E-state index in [1.807, 2.05) is 4.90 Å². The number of nitrogens with zero attached hydrogens (tertiary/aromatic N) is 3. The molecule has 37 heavy (non-hydrogen) atoms. The Morgan fingerprint density at radius 3 is 2.41 bits per heavy atom. The van der Waals surface area contributed by atoms with Crippen molar-refractivity contribution in [3.63, 3.8) is 0 Å². The van der Waals surface area contributed by atoms with E-state index in [-0.39, 0.29) is 23.6 Å². The van der Waals surface area contributed by atoms with E-state index in [1.54, 1.807) is 48.5 Å². The molecule has 1 aliphatic heterocycles. The number of hydrogen-bond acceptors (Lipinski definition) is 4. The number of methoxy groups -OCH3 is 1. The first-order valence-corrected chi connectivity index (χ1v) is 12.4. The molecule has 0 spiro atoms. The Morgan fingerprint density at radius 1 is 0.973 bits per heavy atom. The van der Waals surface area contributed by atoms with Crippen molar-refractivity contribution in [1.82, 2.24) is 14.0 Å². The lowest BCUT2D eigenvalue weighted by Crippen LogP contribution is -2.35. The first-order chi connectivity index (χ1) is 17.9. The molecule has 190 valence electrons. The van der Waals surface area contributed by atoms with Gasteiger partial charge in [0.2, 0.25) is 0 Å². The highest BCUT2D eigenvalue weighted by atomic mass is 35.5. The zero-order chi connectivity index (χ0) is 26.1. The summed E-state index contributed by atoms with van der Waals surface area (Å²) in [6.45, 7) is 1.39. The van der Waals surface area contributed by atoms with E-state index in [2.05, 4.69) is 4.74 Å². The summed E-state index contributed by atoms with van der Waals surface area (Å²) in [7, 11) is 1.18. The van der Waals surface area contributed by atoms with Gasteiger partial charge in [-0.05, 0) is 67.8 Å². The van der Waals surface area contributed by atoms with Gasteiger partial charge in [-0.2, -0.15) is 0 Å². The number of rotatable bonds is 5. The number of ether oxygens (including phenoxy) is 1. The third kappa shape index (κ3) is 4.64. The number of imidazole rings is 1. The lowest BCUT2D eigenvalue weighted by Gasteiger charge is -2.26. The van der Waals surface area contributed by atoms with Crippen molar-refractivity contribution in [2.75, 3.05) is 20.2 Å². The Hall–Kier alpha value is -3.91. The molecular weight excluding hydrogens is 497 g/mol. The molecule has 1 amide bonds. The Balaban J connectivity index is 1.56. The number of benzene rings is 3. The number of likely N-dealkylation sites (tertiary alicyclic amines) is 1. The monoisotopic (exact) mass is 521 g/mol. The fraction of sp³-hybridized carbons (Fsp3) is 0.250. The Kier molecular flexibility index (Phi) is 6.84. The van der Waals surface area contributed by atoms with E-state index in [0.29, 0.717) is 27.3 Å². The second kappa shape index (κ2) is 10.2. The van der Waals surface area contributed by atoms with Gasteiger partial charge in [-0.15, -0.1) is 0 Å². The van der Waals surface area contributed by atoms with Gasteiger partial charge in [0.1, 0.15) is 5.82 Å². The van der Waals surface area contributed by atoms with Gasteiger partial charge in [-0.3, -0.25) is 13.9 Å². The first kappa shape index (κ1) is 24.8. The van der Waals surface area contributed by atoms with Gasteiger partial charge in [0.25, 0.3) is 5.91 Å². The van der Waals surface area contributed by atoms with Crippen molar-refractivity contribution in [3.05, 3.63) is 98.7 Å². The molecule has 1 aliphatic rings. The van der Waals surface area contributed by atoms with E-state index in [0.717, 1.165) is 32.4 Å². The minimum atomic E-state index is -0.792. The van der Waals surface area contributed by atoms with Crippen LogP contribution in [0.15, 0.2) is 65.5 Å². The second-order valence-electron chi connectivity index (χ2n) is 9.01. The van der Waals surface area contributed by atoms with Crippen LogP contribution in [0, 0.1) is 5.82 Å². The van der Waals surface area contributed by atoms with Crippen LogP contribution in [0.5, 0.6) is 0 Å². The molecule has 0 atom stereocenters. The van der Waals surface area contributed by atoms with Crippen LogP contribution in [0.3, 0.4) is 0 Å². The molecule has 5 rings (SSSR count). The maximum Gasteiger partial charge on any atom is 0.340 e. The van der Waals surface area contributed by atoms with Crippen LogP contribution in [0.1, 0.15) is 45.5 Å². The molecule has 0 aliphatic carbocycles. The zero-order valence-corrected chi connectivity index (χ0v) is 21.0. The zero-order valence-electron chi connectivity index (χ0n) is 20.2. The minimum absolute atomic E-state index is 0.0231. The van der Waals surface area contributed by atoms with E-state index >= 15 is 4.39 Å². The highest BCUT2D eigenvalue weighted by Gasteiger charge is 2.21. The van der Waals surface area contributed by atoms with Crippen LogP contribution < -0.4 is 5.69 Å². The van der Waals surface area contributed by atoms with Gasteiger partial charge < -0.3 is 9.64 Å². The first-order valence-electron chi connectivity index (χ1n) is 12.1. The number of esters is 1. The molecule has 9 heteroatoms. The molecule has 0 unspecified atom stereocenters. The molecule has 0 bridgehead atoms. The van der Waals surface area contributed by atoms with Crippen LogP contribution in [-0.2, 0) is 11.3 Å². The third-order valence-corrected chi connectivity index (χ3v) is 6.95. The normalized spacial score (nSPS) is 13.6. The van der Waals surface area contributed by atoms with Gasteiger partial charge in [0, 0.05) is 29.2 Å². The number of fused-ring (bicyclic) bond motifs is 1. The summed E-state index contributed by atoms with van der Waals surface area (Å²) in [5.74, 6) is -1.55. The molecule has 0 saturated carbocycles. The summed E-state index contributed by atoms with van der Waals surface area (Å²) in [6.07, 6.45) is 3.14. The lowest BCUT2D eigenvalue weighted by molar-refractivity contribution is 0.0594. The summed E-state index contributed by atoms with van der Waals surface area (Å²) >= 11 is 6.26. The van der Waals surface area contributed by atoms with Crippen molar-refractivity contribution >= 4 is 34.5 Å². The number of aromatic nitrogens is 2. The fourth-order valence-corrected chi connectivity index (χ4v) is 4.97. The highest BCUT2D eigenvalue weighted by molar-refractivity contribution is 6.31. The molecular formula is C28H25ClFN3O4. The van der Waals surface area contributed by atoms with Crippen LogP contribution in [-0.4, -0.2) is 46.1 Å². The molecule has 2 heterocycles. The number of carbonyl (C=O) groups excluding carboxylic acids is 2. The number of halogens is 2. The molecule has 1 fully saturated rings. The number of amides is 1. The predicted molar refractivity (Wildman–Crippen MR) is 139 cm³/mol. The van der Waals surface area contributed by atoms with Crippen molar-refractivity contribution in [3.8, 4) is 5.69 Å². The molecule has 0 radical (unpaired) electrons. The fourth-order valence-electron chi connectivity index (χ4n) is 4.81. The Bertz CT molecular complexity index is 1550. The van der Waals surface area contributed by atoms with E-state index in [9.17, 15) is 14.4 Å². The van der Waals surface area contributed by atoms with Crippen molar-refractivity contribution in [1.29, 1.82) is 0 Å². The predicted octanol–water partition coefficient (Wildman–Crippen LogP) is 5.05. The van der Waals surface area contributed by atoms with Gasteiger partial charge in [0.15, 0.2) is 0 Å². The van der Waals surface area contributed by atoms with Crippen molar-refractivity contribution < 1.29 is 18.7 Å². The van der Waals surface area contributed by atoms with Crippen molar-refractivity contribution in [2.24, 2.45) is 0 Å². The van der Waals surface area contributed by atoms with Gasteiger partial charge in [-0.1, -0.05) is 23.7 Å². The van der Waals surface area contributed by atoms with Crippen LogP contribution in [0.4, 0.5) is 4.39 Å². The van der Waals surface area contributed by atoms with Gasteiger partial charge in [0.05, 0.1) is 35.9 Å². The maximum atomic E-state index is 15.1. The van der Waals surface area contributed by atoms with Crippen LogP contribution in [0.25, 0.3) is 16.7 Å². The molecule has 1 saturated heterocycles. The summed E-state index contributed by atoms with van der Waals surface area (Å²) in [5.41, 5.74) is 1.76. The van der Waals surface area contributed by atoms with E-state index in [4.69, 9.17) is 11.6 Å². The molecule has 7 nitrogen and oxygen atoms in total.